The lowest BCUT2D eigenvalue weighted by atomic mass is 9.89. The number of ether oxygens (including phenoxy) is 1. The number of nitrogens with zero attached hydrogens (tertiary/aromatic N) is 1. The summed E-state index contributed by atoms with van der Waals surface area (Å²) in [5, 5.41) is 9.81. The zero-order valence-electron chi connectivity index (χ0n) is 9.24. The lowest BCUT2D eigenvalue weighted by Crippen LogP contribution is -2.64. The van der Waals surface area contributed by atoms with Crippen LogP contribution in [0.3, 0.4) is 0 Å². The number of amides is 1. The van der Waals surface area contributed by atoms with E-state index in [2.05, 4.69) is 0 Å². The highest BCUT2D eigenvalue weighted by molar-refractivity contribution is 5.80. The minimum absolute atomic E-state index is 0.0279. The van der Waals surface area contributed by atoms with Gasteiger partial charge >= 0.3 is 0 Å². The van der Waals surface area contributed by atoms with Gasteiger partial charge in [0, 0.05) is 6.61 Å². The number of hydrogen-bond donors (Lipinski definition) is 1. The summed E-state index contributed by atoms with van der Waals surface area (Å²) in [7, 11) is 0. The molecule has 2 rings (SSSR count). The predicted molar refractivity (Wildman–Crippen MR) is 55.4 cm³/mol. The second-order valence-electron chi connectivity index (χ2n) is 4.69. The molecule has 0 bridgehead atoms. The highest BCUT2D eigenvalue weighted by atomic mass is 16.5. The first-order valence-electron chi connectivity index (χ1n) is 5.73. The van der Waals surface area contributed by atoms with Crippen LogP contribution in [-0.2, 0) is 9.53 Å². The summed E-state index contributed by atoms with van der Waals surface area (Å²) in [5.74, 6) is 0.188. The van der Waals surface area contributed by atoms with E-state index in [0.717, 1.165) is 25.9 Å². The number of aliphatic hydroxyl groups is 1. The molecule has 1 atom stereocenters. The fourth-order valence-electron chi connectivity index (χ4n) is 2.24. The lowest BCUT2D eigenvalue weighted by molar-refractivity contribution is -0.163. The fourth-order valence-corrected chi connectivity index (χ4v) is 2.24. The van der Waals surface area contributed by atoms with Gasteiger partial charge in [0.05, 0.1) is 31.2 Å². The Hall–Kier alpha value is -0.610. The van der Waals surface area contributed by atoms with Crippen molar-refractivity contribution in [2.45, 2.75) is 31.8 Å². The average Bonchev–Trinajstić information content (AvgIpc) is 2.25. The zero-order valence-corrected chi connectivity index (χ0v) is 9.24. The zero-order chi connectivity index (χ0) is 10.9. The van der Waals surface area contributed by atoms with Crippen LogP contribution in [0.2, 0.25) is 0 Å². The molecule has 2 saturated heterocycles. The van der Waals surface area contributed by atoms with Crippen LogP contribution in [0.15, 0.2) is 0 Å². The number of carbonyl (C=O) groups excluding carboxylic acids is 1. The van der Waals surface area contributed by atoms with Crippen LogP contribution < -0.4 is 0 Å². The SMILES string of the molecule is CCC1(O)CN(C(=O)C2CCCOC2)C1. The molecule has 2 fully saturated rings. The molecule has 0 spiro atoms. The number of carbonyl (C=O) groups is 1. The molecule has 1 N–H and O–H groups in total. The van der Waals surface area contributed by atoms with Crippen molar-refractivity contribution < 1.29 is 14.6 Å². The number of β-amino-alcohol motifs (C(OH)–C–C–N with tert-alkyl or cyclic N) is 1. The summed E-state index contributed by atoms with van der Waals surface area (Å²) in [5.41, 5.74) is -0.620. The Morgan fingerprint density at radius 2 is 2.33 bits per heavy atom. The van der Waals surface area contributed by atoms with Crippen molar-refractivity contribution in [3.8, 4) is 0 Å². The molecule has 2 aliphatic rings. The Kier molecular flexibility index (Phi) is 2.98. The largest absolute Gasteiger partial charge is 0.386 e. The Morgan fingerprint density at radius 1 is 1.60 bits per heavy atom. The lowest BCUT2D eigenvalue weighted by Gasteiger charge is -2.47. The van der Waals surface area contributed by atoms with Crippen molar-refractivity contribution in [3.05, 3.63) is 0 Å². The van der Waals surface area contributed by atoms with Crippen molar-refractivity contribution in [1.82, 2.24) is 4.90 Å². The molecule has 2 heterocycles. The first-order chi connectivity index (χ1) is 7.14. The van der Waals surface area contributed by atoms with Gasteiger partial charge in [-0.1, -0.05) is 6.92 Å². The van der Waals surface area contributed by atoms with Crippen LogP contribution in [0, 0.1) is 5.92 Å². The summed E-state index contributed by atoms with van der Waals surface area (Å²) >= 11 is 0. The molecule has 0 aromatic carbocycles. The van der Waals surface area contributed by atoms with Gasteiger partial charge in [0.2, 0.25) is 5.91 Å². The molecular weight excluding hydrogens is 194 g/mol. The smallest absolute Gasteiger partial charge is 0.228 e. The standard InChI is InChI=1S/C11H19NO3/c1-2-11(14)7-12(8-11)10(13)9-4-3-5-15-6-9/h9,14H,2-8H2,1H3. The maximum Gasteiger partial charge on any atom is 0.228 e. The van der Waals surface area contributed by atoms with Gasteiger partial charge in [0.25, 0.3) is 0 Å². The topological polar surface area (TPSA) is 49.8 Å². The monoisotopic (exact) mass is 213 g/mol. The second kappa shape index (κ2) is 4.10. The molecule has 4 nitrogen and oxygen atoms in total. The molecule has 4 heteroatoms. The third-order valence-electron chi connectivity index (χ3n) is 3.45. The van der Waals surface area contributed by atoms with Gasteiger partial charge in [-0.2, -0.15) is 0 Å². The van der Waals surface area contributed by atoms with Crippen molar-refractivity contribution in [1.29, 1.82) is 0 Å². The van der Waals surface area contributed by atoms with Crippen LogP contribution in [0.4, 0.5) is 0 Å². The maximum absolute atomic E-state index is 11.9. The molecule has 0 aromatic heterocycles. The Balaban J connectivity index is 1.83. The summed E-state index contributed by atoms with van der Waals surface area (Å²) in [4.78, 5) is 13.7. The summed E-state index contributed by atoms with van der Waals surface area (Å²) < 4.78 is 5.29. The molecule has 0 saturated carbocycles. The molecule has 86 valence electrons. The Labute approximate surface area is 90.2 Å². The van der Waals surface area contributed by atoms with Crippen molar-refractivity contribution >= 4 is 5.91 Å². The van der Waals surface area contributed by atoms with E-state index in [-0.39, 0.29) is 11.8 Å². The average molecular weight is 213 g/mol. The summed E-state index contributed by atoms with van der Waals surface area (Å²) in [6, 6.07) is 0. The highest BCUT2D eigenvalue weighted by Crippen LogP contribution is 2.27. The highest BCUT2D eigenvalue weighted by Gasteiger charge is 2.43. The summed E-state index contributed by atoms with van der Waals surface area (Å²) in [6.07, 6.45) is 2.63. The van der Waals surface area contributed by atoms with Gasteiger partial charge in [-0.25, -0.2) is 0 Å². The molecule has 0 aromatic rings. The first-order valence-corrected chi connectivity index (χ1v) is 5.73. The maximum atomic E-state index is 11.9. The fraction of sp³-hybridized carbons (Fsp3) is 0.909. The molecular formula is C11H19NO3. The van der Waals surface area contributed by atoms with Gasteiger partial charge in [-0.05, 0) is 19.3 Å². The van der Waals surface area contributed by atoms with E-state index in [1.54, 1.807) is 4.90 Å². The van der Waals surface area contributed by atoms with E-state index >= 15 is 0 Å². The van der Waals surface area contributed by atoms with Crippen LogP contribution in [-0.4, -0.2) is 47.8 Å². The van der Waals surface area contributed by atoms with E-state index in [9.17, 15) is 9.90 Å². The normalized spacial score (nSPS) is 29.7. The Bertz CT molecular complexity index is 242. The molecule has 1 amide bonds. The number of likely N-dealkylation sites (tertiary alicyclic amines) is 1. The minimum Gasteiger partial charge on any atom is -0.386 e. The predicted octanol–water partition coefficient (Wildman–Crippen LogP) is 0.396. The van der Waals surface area contributed by atoms with Gasteiger partial charge in [0.1, 0.15) is 0 Å². The first kappa shape index (κ1) is 10.9. The van der Waals surface area contributed by atoms with E-state index in [4.69, 9.17) is 4.74 Å². The van der Waals surface area contributed by atoms with Crippen LogP contribution >= 0.6 is 0 Å². The molecule has 2 aliphatic heterocycles. The Morgan fingerprint density at radius 3 is 2.87 bits per heavy atom. The van der Waals surface area contributed by atoms with Crippen LogP contribution in [0.25, 0.3) is 0 Å². The molecule has 15 heavy (non-hydrogen) atoms. The van der Waals surface area contributed by atoms with Crippen molar-refractivity contribution in [2.24, 2.45) is 5.92 Å². The van der Waals surface area contributed by atoms with Crippen LogP contribution in [0.5, 0.6) is 0 Å². The van der Waals surface area contributed by atoms with Crippen LogP contribution in [0.1, 0.15) is 26.2 Å². The number of hydrogen-bond acceptors (Lipinski definition) is 3. The van der Waals surface area contributed by atoms with E-state index in [0.29, 0.717) is 19.7 Å². The van der Waals surface area contributed by atoms with Crippen molar-refractivity contribution in [2.75, 3.05) is 26.3 Å². The van der Waals surface area contributed by atoms with E-state index < -0.39 is 5.60 Å². The minimum atomic E-state index is -0.620. The summed E-state index contributed by atoms with van der Waals surface area (Å²) in [6.45, 7) is 4.28. The van der Waals surface area contributed by atoms with Gasteiger partial charge in [-0.3, -0.25) is 4.79 Å². The van der Waals surface area contributed by atoms with Gasteiger partial charge in [-0.15, -0.1) is 0 Å². The molecule has 1 unspecified atom stereocenters. The van der Waals surface area contributed by atoms with Crippen molar-refractivity contribution in [3.63, 3.8) is 0 Å². The third-order valence-corrected chi connectivity index (χ3v) is 3.45. The van der Waals surface area contributed by atoms with E-state index in [1.807, 2.05) is 6.92 Å². The number of rotatable bonds is 2. The molecule has 0 aliphatic carbocycles. The second-order valence-corrected chi connectivity index (χ2v) is 4.69. The van der Waals surface area contributed by atoms with E-state index in [1.165, 1.54) is 0 Å². The van der Waals surface area contributed by atoms with Gasteiger partial charge < -0.3 is 14.7 Å². The van der Waals surface area contributed by atoms with Gasteiger partial charge in [0.15, 0.2) is 0 Å². The third kappa shape index (κ3) is 2.16. The molecule has 0 radical (unpaired) electrons. The quantitative estimate of drug-likeness (QED) is 0.722.